The van der Waals surface area contributed by atoms with Crippen molar-refractivity contribution in [3.63, 3.8) is 0 Å². The van der Waals surface area contributed by atoms with Gasteiger partial charge in [0, 0.05) is 31.3 Å². The Morgan fingerprint density at radius 1 is 1.27 bits per heavy atom. The van der Waals surface area contributed by atoms with Crippen molar-refractivity contribution < 1.29 is 14.5 Å². The standard InChI is InChI=1S/C23H27N5O2/c1-17-13-22(21(14-23(17)30)24-8-12-29)25-18-3-5-19(6-4-18)27-9-7-20(15-27)28-11-10-26(2)16-28/h3-6,10-11,13-14,16,20,29H,7-9,12,15H2,1-2H3/p+1/b25-22-. The summed E-state index contributed by atoms with van der Waals surface area (Å²) in [5, 5.41) is 12.2. The minimum Gasteiger partial charge on any atom is -0.395 e. The molecule has 1 fully saturated rings. The van der Waals surface area contributed by atoms with Crippen LogP contribution < -0.4 is 14.8 Å². The van der Waals surface area contributed by atoms with Crippen molar-refractivity contribution >= 4 is 22.9 Å². The maximum Gasteiger partial charge on any atom is 0.243 e. The van der Waals surface area contributed by atoms with Crippen molar-refractivity contribution in [1.29, 1.82) is 0 Å². The highest BCUT2D eigenvalue weighted by Gasteiger charge is 2.27. The van der Waals surface area contributed by atoms with Crippen molar-refractivity contribution in [2.45, 2.75) is 19.4 Å². The molecule has 0 spiro atoms. The van der Waals surface area contributed by atoms with E-state index in [9.17, 15) is 4.79 Å². The number of hydrogen-bond acceptors (Lipinski definition) is 5. The molecule has 1 aromatic carbocycles. The van der Waals surface area contributed by atoms with Gasteiger partial charge >= 0.3 is 0 Å². The van der Waals surface area contributed by atoms with Gasteiger partial charge in [0.15, 0.2) is 5.78 Å². The minimum atomic E-state index is -0.0374. The number of carbonyl (C=O) groups is 1. The molecule has 2 aliphatic rings. The zero-order valence-corrected chi connectivity index (χ0v) is 17.5. The Balaban J connectivity index is 1.48. The third-order valence-electron chi connectivity index (χ3n) is 5.56. The maximum absolute atomic E-state index is 12.0. The fraction of sp³-hybridized carbons (Fsp3) is 0.348. The van der Waals surface area contributed by atoms with Crippen LogP contribution in [-0.2, 0) is 11.8 Å². The SMILES string of the molecule is CC1=C/C(=N/c2ccc(N3CCC(n4cc[n+](C)c4)C3)cc2)C(NCCO)=CC1=O. The summed E-state index contributed by atoms with van der Waals surface area (Å²) in [6, 6.07) is 8.71. The average molecular weight is 407 g/mol. The van der Waals surface area contributed by atoms with Crippen LogP contribution in [0.1, 0.15) is 19.4 Å². The van der Waals surface area contributed by atoms with E-state index >= 15 is 0 Å². The Hall–Kier alpha value is -3.19. The number of imidazole rings is 1. The Morgan fingerprint density at radius 3 is 2.77 bits per heavy atom. The van der Waals surface area contributed by atoms with E-state index in [1.54, 1.807) is 19.1 Å². The number of aryl methyl sites for hydroxylation is 1. The Morgan fingerprint density at radius 2 is 2.07 bits per heavy atom. The molecular weight excluding hydrogens is 378 g/mol. The first kappa shape index (κ1) is 20.1. The quantitative estimate of drug-likeness (QED) is 0.567. The van der Waals surface area contributed by atoms with Gasteiger partial charge in [-0.15, -0.1) is 0 Å². The fourth-order valence-electron chi connectivity index (χ4n) is 3.88. The van der Waals surface area contributed by atoms with Gasteiger partial charge in [0.1, 0.15) is 18.4 Å². The third kappa shape index (κ3) is 4.36. The molecule has 1 aromatic heterocycles. The number of hydrogen-bond donors (Lipinski definition) is 2. The van der Waals surface area contributed by atoms with Crippen LogP contribution in [0.2, 0.25) is 0 Å². The molecule has 0 radical (unpaired) electrons. The number of rotatable bonds is 6. The number of benzene rings is 1. The molecule has 2 aromatic rings. The number of anilines is 1. The van der Waals surface area contributed by atoms with Crippen molar-refractivity contribution in [3.05, 3.63) is 66.4 Å². The Kier molecular flexibility index (Phi) is 5.81. The van der Waals surface area contributed by atoms with E-state index in [1.807, 2.05) is 19.2 Å². The topological polar surface area (TPSA) is 73.7 Å². The predicted octanol–water partition coefficient (Wildman–Crippen LogP) is 1.83. The first-order valence-corrected chi connectivity index (χ1v) is 10.3. The Labute approximate surface area is 176 Å². The van der Waals surface area contributed by atoms with Crippen molar-refractivity contribution in [1.82, 2.24) is 9.88 Å². The molecule has 1 saturated heterocycles. The van der Waals surface area contributed by atoms with Crippen molar-refractivity contribution in [3.8, 4) is 0 Å². The summed E-state index contributed by atoms with van der Waals surface area (Å²) in [6.45, 7) is 4.18. The van der Waals surface area contributed by atoms with Crippen LogP contribution in [0.15, 0.2) is 71.4 Å². The van der Waals surface area contributed by atoms with Crippen LogP contribution in [0.3, 0.4) is 0 Å². The largest absolute Gasteiger partial charge is 0.395 e. The van der Waals surface area contributed by atoms with E-state index in [1.165, 1.54) is 5.69 Å². The number of allylic oxidation sites excluding steroid dienone is 3. The molecule has 0 saturated carbocycles. The molecule has 4 rings (SSSR count). The molecule has 0 amide bonds. The normalized spacial score (nSPS) is 20.5. The number of carbonyl (C=O) groups excluding carboxylic acids is 1. The summed E-state index contributed by atoms with van der Waals surface area (Å²) >= 11 is 0. The molecule has 1 aliphatic carbocycles. The molecule has 1 atom stereocenters. The summed E-state index contributed by atoms with van der Waals surface area (Å²) in [4.78, 5) is 19.1. The number of aromatic nitrogens is 2. The summed E-state index contributed by atoms with van der Waals surface area (Å²) < 4.78 is 4.36. The van der Waals surface area contributed by atoms with Gasteiger partial charge in [-0.3, -0.25) is 4.79 Å². The van der Waals surface area contributed by atoms with Gasteiger partial charge in [0.25, 0.3) is 0 Å². The lowest BCUT2D eigenvalue weighted by Crippen LogP contribution is -2.26. The smallest absolute Gasteiger partial charge is 0.243 e. The summed E-state index contributed by atoms with van der Waals surface area (Å²) in [6.07, 6.45) is 10.8. The first-order chi connectivity index (χ1) is 14.5. The zero-order chi connectivity index (χ0) is 21.1. The third-order valence-corrected chi connectivity index (χ3v) is 5.56. The van der Waals surface area contributed by atoms with Gasteiger partial charge in [-0.05, 0) is 42.8 Å². The molecule has 7 nitrogen and oxygen atoms in total. The Bertz CT molecular complexity index is 1020. The molecular formula is C23H28N5O2+. The van der Waals surface area contributed by atoms with Gasteiger partial charge in [-0.25, -0.2) is 14.1 Å². The molecule has 156 valence electrons. The van der Waals surface area contributed by atoms with E-state index in [0.717, 1.165) is 25.2 Å². The number of aliphatic hydroxyl groups excluding tert-OH is 1. The van der Waals surface area contributed by atoms with Gasteiger partial charge in [0.2, 0.25) is 6.33 Å². The van der Waals surface area contributed by atoms with Gasteiger partial charge in [0.05, 0.1) is 37.3 Å². The van der Waals surface area contributed by atoms with Gasteiger partial charge in [-0.2, -0.15) is 0 Å². The lowest BCUT2D eigenvalue weighted by atomic mass is 10.0. The molecule has 30 heavy (non-hydrogen) atoms. The minimum absolute atomic E-state index is 0.00565. The molecule has 1 aliphatic heterocycles. The average Bonchev–Trinajstić information content (AvgIpc) is 3.39. The number of nitrogens with zero attached hydrogens (tertiary/aromatic N) is 4. The highest BCUT2D eigenvalue weighted by molar-refractivity contribution is 6.22. The summed E-state index contributed by atoms with van der Waals surface area (Å²) in [7, 11) is 2.04. The fourth-order valence-corrected chi connectivity index (χ4v) is 3.88. The second kappa shape index (κ2) is 8.67. The van der Waals surface area contributed by atoms with Crippen LogP contribution >= 0.6 is 0 Å². The number of aliphatic imine (C=N–C) groups is 1. The van der Waals surface area contributed by atoms with Crippen LogP contribution in [0.5, 0.6) is 0 Å². The summed E-state index contributed by atoms with van der Waals surface area (Å²) in [5.41, 5.74) is 4.03. The molecule has 0 bridgehead atoms. The van der Waals surface area contributed by atoms with Crippen LogP contribution in [0, 0.1) is 0 Å². The second-order valence-electron chi connectivity index (χ2n) is 7.83. The maximum atomic E-state index is 12.0. The number of aliphatic hydroxyl groups is 1. The second-order valence-corrected chi connectivity index (χ2v) is 7.83. The van der Waals surface area contributed by atoms with E-state index < -0.39 is 0 Å². The molecule has 1 unspecified atom stereocenters. The molecule has 2 heterocycles. The zero-order valence-electron chi connectivity index (χ0n) is 17.5. The van der Waals surface area contributed by atoms with Gasteiger partial charge < -0.3 is 15.3 Å². The number of ketones is 1. The van der Waals surface area contributed by atoms with Gasteiger partial charge in [-0.1, -0.05) is 0 Å². The highest BCUT2D eigenvalue weighted by Crippen LogP contribution is 2.28. The van der Waals surface area contributed by atoms with Crippen molar-refractivity contribution in [2.75, 3.05) is 31.1 Å². The predicted molar refractivity (Wildman–Crippen MR) is 117 cm³/mol. The van der Waals surface area contributed by atoms with E-state index in [-0.39, 0.29) is 12.4 Å². The van der Waals surface area contributed by atoms with E-state index in [4.69, 9.17) is 10.1 Å². The highest BCUT2D eigenvalue weighted by atomic mass is 16.3. The van der Waals surface area contributed by atoms with Crippen LogP contribution in [0.4, 0.5) is 11.4 Å². The number of nitrogens with one attached hydrogen (secondary N) is 1. The summed E-state index contributed by atoms with van der Waals surface area (Å²) in [5.74, 6) is -0.0374. The monoisotopic (exact) mass is 406 g/mol. The van der Waals surface area contributed by atoms with Crippen LogP contribution in [-0.4, -0.2) is 47.4 Å². The van der Waals surface area contributed by atoms with Crippen molar-refractivity contribution in [2.24, 2.45) is 12.0 Å². The van der Waals surface area contributed by atoms with E-state index in [2.05, 4.69) is 50.2 Å². The molecule has 7 heteroatoms. The molecule has 2 N–H and O–H groups in total. The van der Waals surface area contributed by atoms with E-state index in [0.29, 0.717) is 29.6 Å². The van der Waals surface area contributed by atoms with Crippen LogP contribution in [0.25, 0.3) is 0 Å². The first-order valence-electron chi connectivity index (χ1n) is 10.3. The lowest BCUT2D eigenvalue weighted by Gasteiger charge is -2.18. The lowest BCUT2D eigenvalue weighted by molar-refractivity contribution is -0.671.